The van der Waals surface area contributed by atoms with Crippen LogP contribution < -0.4 is 0 Å². The molecule has 0 saturated heterocycles. The second kappa shape index (κ2) is 8.14. The molecule has 0 spiro atoms. The smallest absolute Gasteiger partial charge is 0.247 e. The molecule has 0 fully saturated rings. The van der Waals surface area contributed by atoms with Crippen molar-refractivity contribution in [3.63, 3.8) is 0 Å². The Balaban J connectivity index is 2.63. The second-order valence-electron chi connectivity index (χ2n) is 3.93. The molecule has 94 valence electrons. The van der Waals surface area contributed by atoms with Gasteiger partial charge in [-0.15, -0.1) is 0 Å². The molecular weight excluding hydrogens is 222 g/mol. The number of allylic oxidation sites excluding steroid dienone is 1. The van der Waals surface area contributed by atoms with Crippen LogP contribution in [0.3, 0.4) is 0 Å². The van der Waals surface area contributed by atoms with E-state index in [0.29, 0.717) is 6.54 Å². The molecule has 0 N–H and O–H groups in total. The van der Waals surface area contributed by atoms with Gasteiger partial charge in [0.15, 0.2) is 0 Å². The third kappa shape index (κ3) is 4.88. The zero-order valence-corrected chi connectivity index (χ0v) is 11.0. The minimum atomic E-state index is 0.0294. The number of hydrogen-bond acceptors (Lipinski definition) is 1. The molecule has 1 amide bonds. The van der Waals surface area contributed by atoms with Crippen LogP contribution in [0.5, 0.6) is 0 Å². The van der Waals surface area contributed by atoms with Crippen molar-refractivity contribution in [2.45, 2.75) is 20.3 Å². The average molecular weight is 241 g/mol. The third-order valence-corrected chi connectivity index (χ3v) is 2.39. The van der Waals surface area contributed by atoms with Crippen molar-refractivity contribution in [2.75, 3.05) is 13.1 Å². The van der Waals surface area contributed by atoms with Crippen LogP contribution in [0.4, 0.5) is 0 Å². The van der Waals surface area contributed by atoms with Gasteiger partial charge in [0.05, 0.1) is 6.54 Å². The molecule has 0 aromatic heterocycles. The van der Waals surface area contributed by atoms with Gasteiger partial charge in [-0.05, 0) is 31.6 Å². The Morgan fingerprint density at radius 2 is 2.06 bits per heavy atom. The van der Waals surface area contributed by atoms with Crippen molar-refractivity contribution in [2.24, 2.45) is 0 Å². The quantitative estimate of drug-likeness (QED) is 0.586. The van der Waals surface area contributed by atoms with Gasteiger partial charge >= 0.3 is 0 Å². The molecule has 0 heterocycles. The van der Waals surface area contributed by atoms with Crippen molar-refractivity contribution in [3.8, 4) is 11.8 Å². The summed E-state index contributed by atoms with van der Waals surface area (Å²) in [5, 5.41) is 0. The van der Waals surface area contributed by atoms with Gasteiger partial charge in [0.1, 0.15) is 0 Å². The molecule has 1 aromatic carbocycles. The number of nitrogens with zero attached hydrogens (tertiary/aromatic N) is 1. The normalized spacial score (nSPS) is 9.89. The van der Waals surface area contributed by atoms with E-state index in [1.165, 1.54) is 0 Å². The van der Waals surface area contributed by atoms with E-state index in [9.17, 15) is 4.79 Å². The first-order valence-corrected chi connectivity index (χ1v) is 6.23. The Labute approximate surface area is 109 Å². The van der Waals surface area contributed by atoms with Crippen LogP contribution in [0.2, 0.25) is 0 Å². The lowest BCUT2D eigenvalue weighted by Crippen LogP contribution is -2.30. The maximum absolute atomic E-state index is 11.7. The molecule has 0 radical (unpaired) electrons. The fourth-order valence-corrected chi connectivity index (χ4v) is 1.54. The summed E-state index contributed by atoms with van der Waals surface area (Å²) in [5.74, 6) is 6.14. The number of benzene rings is 1. The predicted octanol–water partition coefficient (Wildman–Crippen LogP) is 2.85. The van der Waals surface area contributed by atoms with E-state index in [1.54, 1.807) is 17.1 Å². The first-order chi connectivity index (χ1) is 8.77. The van der Waals surface area contributed by atoms with Crippen molar-refractivity contribution in [1.29, 1.82) is 0 Å². The summed E-state index contributed by atoms with van der Waals surface area (Å²) < 4.78 is 0. The maximum atomic E-state index is 11.7. The number of carbonyl (C=O) groups is 1. The molecule has 0 aliphatic heterocycles. The second-order valence-corrected chi connectivity index (χ2v) is 3.93. The topological polar surface area (TPSA) is 20.3 Å². The molecule has 1 rings (SSSR count). The molecule has 0 atom stereocenters. The largest absolute Gasteiger partial charge is 0.328 e. The van der Waals surface area contributed by atoms with Crippen molar-refractivity contribution in [3.05, 3.63) is 48.0 Å². The summed E-state index contributed by atoms with van der Waals surface area (Å²) in [7, 11) is 0. The summed E-state index contributed by atoms with van der Waals surface area (Å²) in [6.07, 6.45) is 4.28. The standard InChI is InChI=1S/C16H19NO/c1-3-9-16(18)17(13-4-2)14-8-12-15-10-6-5-7-11-15/h3,5-7,9-11H,4,13-14H2,1-2H3. The van der Waals surface area contributed by atoms with Gasteiger partial charge < -0.3 is 4.90 Å². The zero-order chi connectivity index (χ0) is 13.2. The van der Waals surface area contributed by atoms with Gasteiger partial charge in [-0.25, -0.2) is 0 Å². The Morgan fingerprint density at radius 3 is 2.67 bits per heavy atom. The Kier molecular flexibility index (Phi) is 6.35. The van der Waals surface area contributed by atoms with Gasteiger partial charge in [0, 0.05) is 12.1 Å². The molecule has 0 saturated carbocycles. The Bertz CT molecular complexity index is 451. The van der Waals surface area contributed by atoms with Crippen LogP contribution >= 0.6 is 0 Å². The summed E-state index contributed by atoms with van der Waals surface area (Å²) in [5.41, 5.74) is 0.979. The van der Waals surface area contributed by atoms with Crippen LogP contribution in [0.25, 0.3) is 0 Å². The lowest BCUT2D eigenvalue weighted by molar-refractivity contribution is -0.125. The fourth-order valence-electron chi connectivity index (χ4n) is 1.54. The number of carbonyl (C=O) groups excluding carboxylic acids is 1. The number of hydrogen-bond donors (Lipinski definition) is 0. The molecule has 0 bridgehead atoms. The minimum absolute atomic E-state index is 0.0294. The van der Waals surface area contributed by atoms with E-state index in [2.05, 4.69) is 18.8 Å². The number of rotatable bonds is 4. The van der Waals surface area contributed by atoms with Gasteiger partial charge in [-0.3, -0.25) is 4.79 Å². The SMILES string of the molecule is CC=CC(=O)N(CC#Cc1ccccc1)CCC. The van der Waals surface area contributed by atoms with Crippen LogP contribution in [0, 0.1) is 11.8 Å². The van der Waals surface area contributed by atoms with Crippen LogP contribution in [-0.4, -0.2) is 23.9 Å². The summed E-state index contributed by atoms with van der Waals surface area (Å²) in [6.45, 7) is 5.12. The van der Waals surface area contributed by atoms with E-state index in [4.69, 9.17) is 0 Å². The summed E-state index contributed by atoms with van der Waals surface area (Å²) >= 11 is 0. The highest BCUT2D eigenvalue weighted by atomic mass is 16.2. The monoisotopic (exact) mass is 241 g/mol. The molecule has 0 aliphatic carbocycles. The van der Waals surface area contributed by atoms with Crippen molar-refractivity contribution in [1.82, 2.24) is 4.90 Å². The van der Waals surface area contributed by atoms with E-state index >= 15 is 0 Å². The third-order valence-electron chi connectivity index (χ3n) is 2.39. The lowest BCUT2D eigenvalue weighted by atomic mass is 10.2. The molecular formula is C16H19NO. The van der Waals surface area contributed by atoms with Crippen molar-refractivity contribution >= 4 is 5.91 Å². The average Bonchev–Trinajstić information content (AvgIpc) is 2.39. The molecule has 0 aliphatic rings. The van der Waals surface area contributed by atoms with Crippen LogP contribution in [-0.2, 0) is 4.79 Å². The van der Waals surface area contributed by atoms with Gasteiger partial charge in [0.25, 0.3) is 0 Å². The lowest BCUT2D eigenvalue weighted by Gasteiger charge is -2.17. The highest BCUT2D eigenvalue weighted by Gasteiger charge is 2.06. The van der Waals surface area contributed by atoms with E-state index in [-0.39, 0.29) is 5.91 Å². The predicted molar refractivity (Wildman–Crippen MR) is 75.0 cm³/mol. The van der Waals surface area contributed by atoms with E-state index in [1.807, 2.05) is 37.3 Å². The molecule has 18 heavy (non-hydrogen) atoms. The first-order valence-electron chi connectivity index (χ1n) is 6.23. The molecule has 2 nitrogen and oxygen atoms in total. The fraction of sp³-hybridized carbons (Fsp3) is 0.312. The van der Waals surface area contributed by atoms with Gasteiger partial charge in [-0.1, -0.05) is 43.0 Å². The maximum Gasteiger partial charge on any atom is 0.247 e. The van der Waals surface area contributed by atoms with Crippen LogP contribution in [0.1, 0.15) is 25.8 Å². The Morgan fingerprint density at radius 1 is 1.33 bits per heavy atom. The summed E-state index contributed by atoms with van der Waals surface area (Å²) in [4.78, 5) is 13.5. The molecule has 0 unspecified atom stereocenters. The molecule has 2 heteroatoms. The minimum Gasteiger partial charge on any atom is -0.328 e. The highest BCUT2D eigenvalue weighted by molar-refractivity contribution is 5.87. The van der Waals surface area contributed by atoms with Crippen molar-refractivity contribution < 1.29 is 4.79 Å². The van der Waals surface area contributed by atoms with Crippen LogP contribution in [0.15, 0.2) is 42.5 Å². The zero-order valence-electron chi connectivity index (χ0n) is 11.0. The van der Waals surface area contributed by atoms with Gasteiger partial charge in [-0.2, -0.15) is 0 Å². The highest BCUT2D eigenvalue weighted by Crippen LogP contribution is 1.96. The summed E-state index contributed by atoms with van der Waals surface area (Å²) in [6, 6.07) is 9.80. The first kappa shape index (κ1) is 14.1. The van der Waals surface area contributed by atoms with Gasteiger partial charge in [0.2, 0.25) is 5.91 Å². The van der Waals surface area contributed by atoms with E-state index in [0.717, 1.165) is 18.5 Å². The van der Waals surface area contributed by atoms with E-state index < -0.39 is 0 Å². The number of amides is 1. The Hall–Kier alpha value is -2.01. The molecule has 1 aromatic rings.